The number of benzene rings is 1. The number of hydrogen-bond donors (Lipinski definition) is 1. The lowest BCUT2D eigenvalue weighted by Crippen LogP contribution is -2.00. The molecule has 0 aliphatic rings. The molecule has 1 aromatic carbocycles. The van der Waals surface area contributed by atoms with Crippen molar-refractivity contribution >= 4 is 39.3 Å². The molecule has 2 rings (SSSR count). The van der Waals surface area contributed by atoms with Gasteiger partial charge in [-0.25, -0.2) is 4.98 Å². The van der Waals surface area contributed by atoms with E-state index in [0.717, 1.165) is 9.37 Å². The minimum absolute atomic E-state index is 0.107. The van der Waals surface area contributed by atoms with Gasteiger partial charge in [0.05, 0.1) is 4.92 Å². The van der Waals surface area contributed by atoms with Crippen molar-refractivity contribution in [2.75, 3.05) is 12.4 Å². The van der Waals surface area contributed by atoms with Gasteiger partial charge >= 0.3 is 5.69 Å². The van der Waals surface area contributed by atoms with E-state index in [1.165, 1.54) is 18.0 Å². The summed E-state index contributed by atoms with van der Waals surface area (Å²) >= 11 is 4.58. The van der Waals surface area contributed by atoms with Crippen LogP contribution in [0.3, 0.4) is 0 Å². The van der Waals surface area contributed by atoms with E-state index in [9.17, 15) is 10.1 Å². The first kappa shape index (κ1) is 13.8. The number of rotatable bonds is 4. The molecule has 98 valence electrons. The monoisotopic (exact) mass is 340 g/mol. The van der Waals surface area contributed by atoms with Gasteiger partial charge in [0.1, 0.15) is 6.20 Å². The molecule has 0 atom stereocenters. The Labute approximate surface area is 121 Å². The second-order valence-electron chi connectivity index (χ2n) is 3.45. The molecule has 0 fully saturated rings. The van der Waals surface area contributed by atoms with Crippen LogP contribution in [0.4, 0.5) is 11.6 Å². The van der Waals surface area contributed by atoms with Crippen LogP contribution in [0, 0.1) is 10.1 Å². The van der Waals surface area contributed by atoms with Crippen molar-refractivity contribution in [3.05, 3.63) is 45.0 Å². The molecule has 2 aromatic rings. The van der Waals surface area contributed by atoms with Crippen molar-refractivity contribution < 1.29 is 4.92 Å². The fourth-order valence-electron chi connectivity index (χ4n) is 1.32. The van der Waals surface area contributed by atoms with E-state index in [-0.39, 0.29) is 5.69 Å². The van der Waals surface area contributed by atoms with Crippen LogP contribution in [0.1, 0.15) is 0 Å². The smallest absolute Gasteiger partial charge is 0.320 e. The zero-order valence-electron chi connectivity index (χ0n) is 9.83. The summed E-state index contributed by atoms with van der Waals surface area (Å²) in [5.74, 6) is 0.350. The largest absolute Gasteiger partial charge is 0.357 e. The van der Waals surface area contributed by atoms with Crippen LogP contribution in [0.25, 0.3) is 0 Å². The molecule has 0 aliphatic carbocycles. The molecule has 1 N–H and O–H groups in total. The van der Waals surface area contributed by atoms with Crippen LogP contribution in [0.15, 0.2) is 44.9 Å². The van der Waals surface area contributed by atoms with Crippen LogP contribution >= 0.6 is 27.7 Å². The van der Waals surface area contributed by atoms with Crippen LogP contribution in [0.2, 0.25) is 0 Å². The molecule has 0 unspecified atom stereocenters. The molecule has 0 aliphatic heterocycles. The predicted molar refractivity (Wildman–Crippen MR) is 76.5 cm³/mol. The third-order valence-electron chi connectivity index (χ3n) is 2.17. The summed E-state index contributed by atoms with van der Waals surface area (Å²) in [5, 5.41) is 14.0. The molecular weight excluding hydrogens is 332 g/mol. The van der Waals surface area contributed by atoms with Gasteiger partial charge in [0.25, 0.3) is 0 Å². The van der Waals surface area contributed by atoms with Crippen molar-refractivity contribution in [1.82, 2.24) is 9.97 Å². The Kier molecular flexibility index (Phi) is 4.33. The Bertz CT molecular complexity index is 623. The van der Waals surface area contributed by atoms with Crippen molar-refractivity contribution in [2.24, 2.45) is 0 Å². The summed E-state index contributed by atoms with van der Waals surface area (Å²) in [5.41, 5.74) is -0.107. The highest BCUT2D eigenvalue weighted by Crippen LogP contribution is 2.34. The van der Waals surface area contributed by atoms with E-state index < -0.39 is 4.92 Å². The van der Waals surface area contributed by atoms with E-state index in [4.69, 9.17) is 0 Å². The summed E-state index contributed by atoms with van der Waals surface area (Å²) in [6.07, 6.45) is 1.21. The summed E-state index contributed by atoms with van der Waals surface area (Å²) < 4.78 is 0.906. The second kappa shape index (κ2) is 5.98. The molecule has 19 heavy (non-hydrogen) atoms. The normalized spacial score (nSPS) is 10.2. The molecule has 1 heterocycles. The second-order valence-corrected chi connectivity index (χ2v) is 5.43. The summed E-state index contributed by atoms with van der Waals surface area (Å²) in [7, 11) is 1.66. The highest BCUT2D eigenvalue weighted by atomic mass is 79.9. The Balaban J connectivity index is 2.39. The van der Waals surface area contributed by atoms with Gasteiger partial charge in [-0.2, -0.15) is 4.98 Å². The van der Waals surface area contributed by atoms with Crippen molar-refractivity contribution in [3.63, 3.8) is 0 Å². The highest BCUT2D eigenvalue weighted by molar-refractivity contribution is 9.10. The minimum atomic E-state index is -0.486. The van der Waals surface area contributed by atoms with Crippen molar-refractivity contribution in [2.45, 2.75) is 9.92 Å². The Hall–Kier alpha value is -1.67. The van der Waals surface area contributed by atoms with Gasteiger partial charge in [0.15, 0.2) is 5.03 Å². The topological polar surface area (TPSA) is 81.0 Å². The lowest BCUT2D eigenvalue weighted by atomic mass is 10.4. The summed E-state index contributed by atoms with van der Waals surface area (Å²) in [6, 6.07) is 7.48. The first-order chi connectivity index (χ1) is 9.10. The SMILES string of the molecule is CNc1ncc([N+](=O)[O-])c(Sc2cccc(Br)c2)n1. The average molecular weight is 341 g/mol. The summed E-state index contributed by atoms with van der Waals surface area (Å²) in [6.45, 7) is 0. The maximum absolute atomic E-state index is 11.0. The van der Waals surface area contributed by atoms with E-state index in [0.29, 0.717) is 11.0 Å². The fourth-order valence-corrected chi connectivity index (χ4v) is 2.79. The van der Waals surface area contributed by atoms with Crippen LogP contribution in [-0.4, -0.2) is 21.9 Å². The van der Waals surface area contributed by atoms with E-state index >= 15 is 0 Å². The third-order valence-corrected chi connectivity index (χ3v) is 3.64. The molecule has 0 amide bonds. The predicted octanol–water partition coefficient (Wildman–Crippen LogP) is 3.34. The molecule has 1 aromatic heterocycles. The Morgan fingerprint density at radius 1 is 1.47 bits per heavy atom. The fraction of sp³-hybridized carbons (Fsp3) is 0.0909. The van der Waals surface area contributed by atoms with Crippen LogP contribution in [-0.2, 0) is 0 Å². The molecule has 0 bridgehead atoms. The van der Waals surface area contributed by atoms with Crippen LogP contribution in [0.5, 0.6) is 0 Å². The Morgan fingerprint density at radius 2 is 2.26 bits per heavy atom. The zero-order chi connectivity index (χ0) is 13.8. The lowest BCUT2D eigenvalue weighted by molar-refractivity contribution is -0.388. The number of nitro groups is 1. The van der Waals surface area contributed by atoms with Crippen LogP contribution < -0.4 is 5.32 Å². The zero-order valence-corrected chi connectivity index (χ0v) is 12.2. The number of aromatic nitrogens is 2. The number of nitrogens with one attached hydrogen (secondary N) is 1. The quantitative estimate of drug-likeness (QED) is 0.522. The maximum Gasteiger partial charge on any atom is 0.320 e. The number of nitrogens with zero attached hydrogens (tertiary/aromatic N) is 3. The van der Waals surface area contributed by atoms with E-state index in [2.05, 4.69) is 31.2 Å². The van der Waals surface area contributed by atoms with Gasteiger partial charge in [0.2, 0.25) is 5.95 Å². The van der Waals surface area contributed by atoms with Gasteiger partial charge in [-0.1, -0.05) is 33.8 Å². The molecule has 8 heteroatoms. The summed E-state index contributed by atoms with van der Waals surface area (Å²) in [4.78, 5) is 19.3. The molecular formula is C11H9BrN4O2S. The molecule has 0 saturated carbocycles. The number of anilines is 1. The first-order valence-electron chi connectivity index (χ1n) is 5.23. The van der Waals surface area contributed by atoms with Gasteiger partial charge in [-0.3, -0.25) is 10.1 Å². The number of hydrogen-bond acceptors (Lipinski definition) is 6. The van der Waals surface area contributed by atoms with E-state index in [1.807, 2.05) is 24.3 Å². The van der Waals surface area contributed by atoms with Gasteiger partial charge in [0, 0.05) is 16.4 Å². The number of halogens is 1. The Morgan fingerprint density at radius 3 is 2.89 bits per heavy atom. The molecule has 0 radical (unpaired) electrons. The lowest BCUT2D eigenvalue weighted by Gasteiger charge is -2.04. The first-order valence-corrected chi connectivity index (χ1v) is 6.83. The van der Waals surface area contributed by atoms with Crippen molar-refractivity contribution in [3.8, 4) is 0 Å². The molecule has 0 saturated heterocycles. The van der Waals surface area contributed by atoms with Gasteiger partial charge < -0.3 is 5.32 Å². The van der Waals surface area contributed by atoms with Gasteiger partial charge in [-0.05, 0) is 18.2 Å². The van der Waals surface area contributed by atoms with Crippen molar-refractivity contribution in [1.29, 1.82) is 0 Å². The molecule has 0 spiro atoms. The van der Waals surface area contributed by atoms with E-state index in [1.54, 1.807) is 7.05 Å². The maximum atomic E-state index is 11.0. The average Bonchev–Trinajstić information content (AvgIpc) is 2.38. The highest BCUT2D eigenvalue weighted by Gasteiger charge is 2.18. The molecule has 6 nitrogen and oxygen atoms in total. The third kappa shape index (κ3) is 3.42. The standard InChI is InChI=1S/C11H9BrN4O2S/c1-13-11-14-6-9(16(17)18)10(15-11)19-8-4-2-3-7(12)5-8/h2-6H,1H3,(H,13,14,15). The van der Waals surface area contributed by atoms with Gasteiger partial charge in [-0.15, -0.1) is 0 Å². The minimum Gasteiger partial charge on any atom is -0.357 e.